The van der Waals surface area contributed by atoms with Gasteiger partial charge in [-0.2, -0.15) is 4.37 Å². The number of nitrogens with two attached hydrogens (primary N) is 1. The second-order valence-electron chi connectivity index (χ2n) is 6.59. The summed E-state index contributed by atoms with van der Waals surface area (Å²) >= 11 is 6.33. The summed E-state index contributed by atoms with van der Waals surface area (Å²) in [5.41, 5.74) is 4.76. The molecule has 0 spiro atoms. The Hall–Kier alpha value is -2.54. The van der Waals surface area contributed by atoms with Crippen LogP contribution in [0.5, 0.6) is 5.88 Å². The van der Waals surface area contributed by atoms with Crippen LogP contribution in [0.25, 0.3) is 0 Å². The number of amides is 3. The molecule has 2 rings (SSSR count). The molecule has 0 saturated heterocycles. The van der Waals surface area contributed by atoms with Gasteiger partial charge in [0.2, 0.25) is 5.88 Å². The van der Waals surface area contributed by atoms with Crippen LogP contribution in [0, 0.1) is 11.6 Å². The molecule has 1 aromatic heterocycles. The number of urea groups is 1. The van der Waals surface area contributed by atoms with Crippen molar-refractivity contribution in [3.63, 3.8) is 0 Å². The van der Waals surface area contributed by atoms with Crippen molar-refractivity contribution in [3.8, 4) is 5.88 Å². The first kappa shape index (κ1) is 25.7. The lowest BCUT2D eigenvalue weighted by Crippen LogP contribution is -2.33. The highest BCUT2D eigenvalue weighted by molar-refractivity contribution is 7.11. The van der Waals surface area contributed by atoms with E-state index in [1.807, 2.05) is 11.8 Å². The maximum Gasteiger partial charge on any atom is 0.319 e. The molecule has 32 heavy (non-hydrogen) atoms. The zero-order valence-corrected chi connectivity index (χ0v) is 18.9. The SMILES string of the molecule is CCN(CCO)CCCNC(=O)Nc1snc(OCc2c(F)cc(Cl)cc2F)c1C(N)=O. The summed E-state index contributed by atoms with van der Waals surface area (Å²) in [5, 5.41) is 14.0. The first-order chi connectivity index (χ1) is 15.3. The Morgan fingerprint density at radius 3 is 2.59 bits per heavy atom. The number of likely N-dealkylation sites (N-methyl/N-ethyl adjacent to an activating group) is 1. The van der Waals surface area contributed by atoms with Crippen molar-refractivity contribution < 1.29 is 28.2 Å². The lowest BCUT2D eigenvalue weighted by atomic mass is 10.2. The van der Waals surface area contributed by atoms with Gasteiger partial charge in [-0.25, -0.2) is 13.6 Å². The summed E-state index contributed by atoms with van der Waals surface area (Å²) in [7, 11) is 0. The van der Waals surface area contributed by atoms with Gasteiger partial charge in [-0.05, 0) is 43.2 Å². The van der Waals surface area contributed by atoms with Gasteiger partial charge in [0.05, 0.1) is 12.2 Å². The average Bonchev–Trinajstić information content (AvgIpc) is 3.12. The molecular formula is C19H24ClF2N5O4S. The average molecular weight is 492 g/mol. The molecule has 0 unspecified atom stereocenters. The van der Waals surface area contributed by atoms with E-state index in [9.17, 15) is 18.4 Å². The maximum atomic E-state index is 13.9. The van der Waals surface area contributed by atoms with Gasteiger partial charge in [-0.15, -0.1) is 0 Å². The van der Waals surface area contributed by atoms with Crippen molar-refractivity contribution in [3.05, 3.63) is 39.9 Å². The number of anilines is 1. The standard InChI is InChI=1S/C19H24ClF2N5O4S/c1-2-27(6-7-28)5-3-4-24-19(30)25-18-15(16(23)29)17(26-32-18)31-10-12-13(21)8-11(20)9-14(12)22/h8-9,28H,2-7,10H2,1H3,(H2,23,29)(H2,24,25,30). The van der Waals surface area contributed by atoms with Gasteiger partial charge >= 0.3 is 6.03 Å². The number of rotatable bonds is 12. The molecule has 0 fully saturated rings. The van der Waals surface area contributed by atoms with Gasteiger partial charge in [0.25, 0.3) is 5.91 Å². The second kappa shape index (κ2) is 12.5. The molecule has 0 saturated carbocycles. The zero-order valence-electron chi connectivity index (χ0n) is 17.3. The minimum atomic E-state index is -0.927. The van der Waals surface area contributed by atoms with Crippen molar-refractivity contribution in [1.29, 1.82) is 0 Å². The second-order valence-corrected chi connectivity index (χ2v) is 7.79. The topological polar surface area (TPSA) is 130 Å². The number of carbonyl (C=O) groups excluding carboxylic acids is 2. The van der Waals surface area contributed by atoms with E-state index in [0.717, 1.165) is 30.2 Å². The molecule has 0 bridgehead atoms. The minimum absolute atomic E-state index is 0.0394. The van der Waals surface area contributed by atoms with Gasteiger partial charge in [0.15, 0.2) is 0 Å². The van der Waals surface area contributed by atoms with Crippen LogP contribution < -0.4 is 21.1 Å². The van der Waals surface area contributed by atoms with E-state index in [1.165, 1.54) is 0 Å². The summed E-state index contributed by atoms with van der Waals surface area (Å²) in [6.07, 6.45) is 0.652. The van der Waals surface area contributed by atoms with Crippen molar-refractivity contribution in [2.75, 3.05) is 38.1 Å². The number of halogens is 3. The first-order valence-corrected chi connectivity index (χ1v) is 10.9. The molecule has 0 aliphatic rings. The molecule has 0 radical (unpaired) electrons. The summed E-state index contributed by atoms with van der Waals surface area (Å²) in [6, 6.07) is 1.28. The van der Waals surface area contributed by atoms with E-state index in [-0.39, 0.29) is 28.1 Å². The maximum absolute atomic E-state index is 13.9. The Bertz CT molecular complexity index is 923. The smallest absolute Gasteiger partial charge is 0.319 e. The molecule has 0 aliphatic carbocycles. The Balaban J connectivity index is 1.96. The highest BCUT2D eigenvalue weighted by Crippen LogP contribution is 2.31. The summed E-state index contributed by atoms with van der Waals surface area (Å²) in [5.74, 6) is -3.01. The quantitative estimate of drug-likeness (QED) is 0.338. The van der Waals surface area contributed by atoms with Gasteiger partial charge in [-0.1, -0.05) is 18.5 Å². The summed E-state index contributed by atoms with van der Waals surface area (Å²) < 4.78 is 37.0. The zero-order chi connectivity index (χ0) is 23.7. The number of aliphatic hydroxyl groups is 1. The van der Waals surface area contributed by atoms with E-state index in [2.05, 4.69) is 15.0 Å². The normalized spacial score (nSPS) is 10.9. The molecule has 9 nitrogen and oxygen atoms in total. The van der Waals surface area contributed by atoms with Crippen molar-refractivity contribution >= 4 is 40.1 Å². The van der Waals surface area contributed by atoms with Crippen molar-refractivity contribution in [2.45, 2.75) is 20.0 Å². The first-order valence-electron chi connectivity index (χ1n) is 9.70. The van der Waals surface area contributed by atoms with Gasteiger partial charge in [0.1, 0.15) is 28.8 Å². The molecule has 13 heteroatoms. The third-order valence-corrected chi connectivity index (χ3v) is 5.36. The molecule has 0 atom stereocenters. The van der Waals surface area contributed by atoms with Crippen LogP contribution in [-0.4, -0.2) is 59.1 Å². The van der Waals surface area contributed by atoms with Gasteiger partial charge in [0, 0.05) is 18.1 Å². The van der Waals surface area contributed by atoms with Crippen LogP contribution in [0.3, 0.4) is 0 Å². The van der Waals surface area contributed by atoms with Gasteiger partial charge in [-0.3, -0.25) is 10.1 Å². The summed E-state index contributed by atoms with van der Waals surface area (Å²) in [6.45, 7) is 3.86. The van der Waals surface area contributed by atoms with E-state index in [4.69, 9.17) is 27.2 Å². The summed E-state index contributed by atoms with van der Waals surface area (Å²) in [4.78, 5) is 26.0. The molecule has 0 aliphatic heterocycles. The highest BCUT2D eigenvalue weighted by Gasteiger charge is 2.23. The Morgan fingerprint density at radius 2 is 2.00 bits per heavy atom. The molecule has 1 heterocycles. The number of hydrogen-bond donors (Lipinski definition) is 4. The minimum Gasteiger partial charge on any atom is -0.471 e. The third kappa shape index (κ3) is 7.26. The molecule has 2 aromatic rings. The molecule has 1 aromatic carbocycles. The van der Waals surface area contributed by atoms with Crippen LogP contribution in [0.4, 0.5) is 18.6 Å². The molecule has 5 N–H and O–H groups in total. The highest BCUT2D eigenvalue weighted by atomic mass is 35.5. The van der Waals surface area contributed by atoms with Crippen LogP contribution in [0.15, 0.2) is 12.1 Å². The van der Waals surface area contributed by atoms with Crippen LogP contribution in [0.1, 0.15) is 29.3 Å². The number of aromatic nitrogens is 1. The third-order valence-electron chi connectivity index (χ3n) is 4.39. The van der Waals surface area contributed by atoms with Gasteiger partial charge < -0.3 is 25.8 Å². The predicted octanol–water partition coefficient (Wildman–Crippen LogP) is 2.58. The van der Waals surface area contributed by atoms with E-state index in [1.54, 1.807) is 0 Å². The van der Waals surface area contributed by atoms with Crippen LogP contribution in [0.2, 0.25) is 5.02 Å². The number of benzene rings is 1. The number of hydrogen-bond acceptors (Lipinski definition) is 7. The monoisotopic (exact) mass is 491 g/mol. The predicted molar refractivity (Wildman–Crippen MR) is 117 cm³/mol. The number of aliphatic hydroxyl groups excluding tert-OH is 1. The Labute approximate surface area is 192 Å². The number of carbonyl (C=O) groups is 2. The largest absolute Gasteiger partial charge is 0.471 e. The fourth-order valence-electron chi connectivity index (χ4n) is 2.75. The fourth-order valence-corrected chi connectivity index (χ4v) is 3.68. The van der Waals surface area contributed by atoms with Crippen molar-refractivity contribution in [1.82, 2.24) is 14.6 Å². The molecule has 176 valence electrons. The fraction of sp³-hybridized carbons (Fsp3) is 0.421. The lowest BCUT2D eigenvalue weighted by molar-refractivity contribution is 0.0996. The van der Waals surface area contributed by atoms with Crippen LogP contribution in [-0.2, 0) is 6.61 Å². The number of nitrogens with zero attached hydrogens (tertiary/aromatic N) is 2. The van der Waals surface area contributed by atoms with Crippen LogP contribution >= 0.6 is 23.1 Å². The molecular weight excluding hydrogens is 468 g/mol. The van der Waals surface area contributed by atoms with E-state index in [0.29, 0.717) is 26.1 Å². The van der Waals surface area contributed by atoms with E-state index >= 15 is 0 Å². The lowest BCUT2D eigenvalue weighted by Gasteiger charge is -2.18. The molecule has 3 amide bonds. The Morgan fingerprint density at radius 1 is 1.31 bits per heavy atom. The number of ether oxygens (including phenoxy) is 1. The number of nitrogens with one attached hydrogen (secondary N) is 2. The Kier molecular flexibility index (Phi) is 10.0. The van der Waals surface area contributed by atoms with Crippen molar-refractivity contribution in [2.24, 2.45) is 5.73 Å². The van der Waals surface area contributed by atoms with E-state index < -0.39 is 35.7 Å². The number of primary amides is 1.